The largest absolute Gasteiger partial charge is 0.459 e. The van der Waals surface area contributed by atoms with Gasteiger partial charge in [-0.05, 0) is 40.2 Å². The molecule has 2 heterocycles. The van der Waals surface area contributed by atoms with Crippen molar-refractivity contribution >= 4 is 23.0 Å². The first-order chi connectivity index (χ1) is 13.3. The van der Waals surface area contributed by atoms with Gasteiger partial charge in [0.25, 0.3) is 0 Å². The molecular formula is C21H30N4O3. The molecule has 7 nitrogen and oxygen atoms in total. The minimum atomic E-state index is -0.496. The summed E-state index contributed by atoms with van der Waals surface area (Å²) in [6.45, 7) is 9.73. The highest BCUT2D eigenvalue weighted by Crippen LogP contribution is 2.24. The Morgan fingerprint density at radius 2 is 2.11 bits per heavy atom. The number of rotatable bonds is 3. The second kappa shape index (κ2) is 8.12. The van der Waals surface area contributed by atoms with Crippen molar-refractivity contribution in [2.75, 3.05) is 20.1 Å². The molecule has 3 rings (SSSR count). The van der Waals surface area contributed by atoms with E-state index in [0.717, 1.165) is 41.2 Å². The van der Waals surface area contributed by atoms with Gasteiger partial charge in [-0.25, -0.2) is 4.79 Å². The number of aryl methyl sites for hydroxylation is 1. The number of carbonyl (C=O) groups excluding carboxylic acids is 1. The van der Waals surface area contributed by atoms with E-state index in [1.54, 1.807) is 7.05 Å². The zero-order chi connectivity index (χ0) is 20.3. The van der Waals surface area contributed by atoms with Crippen molar-refractivity contribution in [2.45, 2.75) is 52.3 Å². The fourth-order valence-electron chi connectivity index (χ4n) is 3.43. The Morgan fingerprint density at radius 3 is 2.79 bits per heavy atom. The van der Waals surface area contributed by atoms with E-state index < -0.39 is 5.60 Å². The number of nitrogens with zero attached hydrogens (tertiary/aromatic N) is 2. The number of benzene rings is 1. The lowest BCUT2D eigenvalue weighted by atomic mass is 10.1. The number of hydrogen-bond acceptors (Lipinski definition) is 4. The van der Waals surface area contributed by atoms with Crippen molar-refractivity contribution in [3.05, 3.63) is 35.6 Å². The topological polar surface area (TPSA) is 79.1 Å². The zero-order valence-corrected chi connectivity index (χ0v) is 17.3. The summed E-state index contributed by atoms with van der Waals surface area (Å²) in [7, 11) is 1.77. The smallest absolute Gasteiger partial charge is 0.407 e. The molecule has 2 N–H and O–H groups in total. The van der Waals surface area contributed by atoms with Gasteiger partial charge in [0.2, 0.25) is 0 Å². The molecule has 0 aliphatic carbocycles. The number of likely N-dealkylation sites (tertiary alicyclic amines) is 1. The van der Waals surface area contributed by atoms with Crippen LogP contribution in [0.25, 0.3) is 11.0 Å². The van der Waals surface area contributed by atoms with Crippen molar-refractivity contribution in [3.63, 3.8) is 0 Å². The molecule has 2 aromatic rings. The Labute approximate surface area is 166 Å². The third-order valence-electron chi connectivity index (χ3n) is 4.77. The van der Waals surface area contributed by atoms with Gasteiger partial charge >= 0.3 is 6.09 Å². The maximum atomic E-state index is 12.0. The quantitative estimate of drug-likeness (QED) is 0.624. The molecule has 7 heteroatoms. The minimum absolute atomic E-state index is 0.0429. The molecule has 1 aromatic heterocycles. The van der Waals surface area contributed by atoms with Gasteiger partial charge in [0.15, 0.2) is 5.96 Å². The summed E-state index contributed by atoms with van der Waals surface area (Å²) >= 11 is 0. The van der Waals surface area contributed by atoms with Crippen LogP contribution in [0.3, 0.4) is 0 Å². The number of nitrogens with one attached hydrogen (secondary N) is 2. The molecule has 1 unspecified atom stereocenters. The van der Waals surface area contributed by atoms with Crippen LogP contribution in [0.4, 0.5) is 4.79 Å². The summed E-state index contributed by atoms with van der Waals surface area (Å²) < 4.78 is 11.3. The summed E-state index contributed by atoms with van der Waals surface area (Å²) in [5.74, 6) is 1.71. The maximum absolute atomic E-state index is 12.0. The molecule has 1 amide bonds. The number of fused-ring (bicyclic) bond motifs is 1. The van der Waals surface area contributed by atoms with Crippen molar-refractivity contribution in [1.82, 2.24) is 15.5 Å². The number of aliphatic imine (C=N–C) groups is 1. The van der Waals surface area contributed by atoms with Crippen LogP contribution >= 0.6 is 0 Å². The van der Waals surface area contributed by atoms with Gasteiger partial charge in [-0.3, -0.25) is 4.99 Å². The van der Waals surface area contributed by atoms with Crippen LogP contribution in [-0.4, -0.2) is 48.7 Å². The highest BCUT2D eigenvalue weighted by atomic mass is 16.6. The molecule has 0 bridgehead atoms. The third-order valence-corrected chi connectivity index (χ3v) is 4.77. The van der Waals surface area contributed by atoms with E-state index in [0.29, 0.717) is 13.1 Å². The Bertz CT molecular complexity index is 866. The fraction of sp³-hybridized carbons (Fsp3) is 0.524. The van der Waals surface area contributed by atoms with Crippen LogP contribution in [0.5, 0.6) is 0 Å². The molecule has 28 heavy (non-hydrogen) atoms. The molecule has 0 saturated carbocycles. The average molecular weight is 386 g/mol. The number of guanidine groups is 1. The summed E-state index contributed by atoms with van der Waals surface area (Å²) in [5.41, 5.74) is 1.55. The SMILES string of the molecule is CN=C(NCc1oc2ccccc2c1C)N1CCC(NC(=O)OC(C)(C)C)C1. The van der Waals surface area contributed by atoms with Crippen LogP contribution in [0.1, 0.15) is 38.5 Å². The number of furan rings is 1. The predicted molar refractivity (Wildman–Crippen MR) is 110 cm³/mol. The molecule has 152 valence electrons. The van der Waals surface area contributed by atoms with Crippen LogP contribution < -0.4 is 10.6 Å². The fourth-order valence-corrected chi connectivity index (χ4v) is 3.43. The van der Waals surface area contributed by atoms with Crippen LogP contribution in [0.15, 0.2) is 33.7 Å². The Morgan fingerprint density at radius 1 is 1.36 bits per heavy atom. The summed E-state index contributed by atoms with van der Waals surface area (Å²) in [5, 5.41) is 7.46. The molecule has 0 spiro atoms. The standard InChI is InChI=1S/C21H30N4O3/c1-14-16-8-6-7-9-17(16)27-18(14)12-23-19(22-5)25-11-10-15(13-25)24-20(26)28-21(2,3)4/h6-9,15H,10-13H2,1-5H3,(H,22,23)(H,24,26). The van der Waals surface area contributed by atoms with Crippen molar-refractivity contribution in [2.24, 2.45) is 4.99 Å². The van der Waals surface area contributed by atoms with Gasteiger partial charge in [-0.1, -0.05) is 18.2 Å². The molecule has 1 aromatic carbocycles. The highest BCUT2D eigenvalue weighted by molar-refractivity contribution is 5.83. The molecule has 1 fully saturated rings. The number of amides is 1. The number of para-hydroxylation sites is 1. The summed E-state index contributed by atoms with van der Waals surface area (Å²) in [4.78, 5) is 18.5. The van der Waals surface area contributed by atoms with E-state index in [9.17, 15) is 4.79 Å². The molecule has 1 saturated heterocycles. The van der Waals surface area contributed by atoms with Gasteiger partial charge in [-0.2, -0.15) is 0 Å². The van der Waals surface area contributed by atoms with Crippen LogP contribution in [0.2, 0.25) is 0 Å². The summed E-state index contributed by atoms with van der Waals surface area (Å²) in [6, 6.07) is 8.09. The number of carbonyl (C=O) groups is 1. The van der Waals surface area contributed by atoms with Crippen molar-refractivity contribution in [3.8, 4) is 0 Å². The zero-order valence-electron chi connectivity index (χ0n) is 17.3. The summed E-state index contributed by atoms with van der Waals surface area (Å²) in [6.07, 6.45) is 0.476. The van der Waals surface area contributed by atoms with Gasteiger partial charge in [0.05, 0.1) is 12.6 Å². The minimum Gasteiger partial charge on any atom is -0.459 e. The van der Waals surface area contributed by atoms with Gasteiger partial charge in [0.1, 0.15) is 16.9 Å². The first kappa shape index (κ1) is 20.0. The van der Waals surface area contributed by atoms with E-state index >= 15 is 0 Å². The molecular weight excluding hydrogens is 356 g/mol. The molecule has 1 aliphatic rings. The van der Waals surface area contributed by atoms with Gasteiger partial charge < -0.3 is 24.7 Å². The highest BCUT2D eigenvalue weighted by Gasteiger charge is 2.28. The third kappa shape index (κ3) is 4.77. The van der Waals surface area contributed by atoms with Crippen LogP contribution in [0, 0.1) is 6.92 Å². The Hall–Kier alpha value is -2.70. The van der Waals surface area contributed by atoms with Gasteiger partial charge in [-0.15, -0.1) is 0 Å². The van der Waals surface area contributed by atoms with E-state index in [1.165, 1.54) is 0 Å². The normalized spacial score (nSPS) is 17.8. The van der Waals surface area contributed by atoms with E-state index in [-0.39, 0.29) is 12.1 Å². The van der Waals surface area contributed by atoms with Gasteiger partial charge in [0, 0.05) is 31.1 Å². The lowest BCUT2D eigenvalue weighted by molar-refractivity contribution is 0.0507. The number of ether oxygens (including phenoxy) is 1. The molecule has 0 radical (unpaired) electrons. The van der Waals surface area contributed by atoms with E-state index in [2.05, 4.69) is 33.5 Å². The van der Waals surface area contributed by atoms with Crippen molar-refractivity contribution in [1.29, 1.82) is 0 Å². The maximum Gasteiger partial charge on any atom is 0.407 e. The Kier molecular flexibility index (Phi) is 5.82. The van der Waals surface area contributed by atoms with Crippen molar-refractivity contribution < 1.29 is 13.9 Å². The number of alkyl carbamates (subject to hydrolysis) is 1. The molecule has 1 atom stereocenters. The number of hydrogen-bond donors (Lipinski definition) is 2. The predicted octanol–water partition coefficient (Wildman–Crippen LogP) is 3.42. The lowest BCUT2D eigenvalue weighted by Crippen LogP contribution is -2.44. The second-order valence-electron chi connectivity index (χ2n) is 8.13. The average Bonchev–Trinajstić information content (AvgIpc) is 3.19. The lowest BCUT2D eigenvalue weighted by Gasteiger charge is -2.23. The van der Waals surface area contributed by atoms with E-state index in [1.807, 2.05) is 39.0 Å². The first-order valence-electron chi connectivity index (χ1n) is 9.69. The second-order valence-corrected chi connectivity index (χ2v) is 8.13. The van der Waals surface area contributed by atoms with E-state index in [4.69, 9.17) is 9.15 Å². The Balaban J connectivity index is 1.56. The van der Waals surface area contributed by atoms with Crippen LogP contribution in [-0.2, 0) is 11.3 Å². The molecule has 1 aliphatic heterocycles. The monoisotopic (exact) mass is 386 g/mol. The first-order valence-corrected chi connectivity index (χ1v) is 9.69.